The Morgan fingerprint density at radius 3 is 2.81 bits per heavy atom. The first-order valence-electron chi connectivity index (χ1n) is 8.75. The van der Waals surface area contributed by atoms with Gasteiger partial charge in [-0.2, -0.15) is 0 Å². The highest BCUT2D eigenvalue weighted by Crippen LogP contribution is 2.39. The van der Waals surface area contributed by atoms with Crippen molar-refractivity contribution in [3.8, 4) is 11.5 Å². The molecular weight excluding hydrogens is 332 g/mol. The summed E-state index contributed by atoms with van der Waals surface area (Å²) in [5.41, 5.74) is 2.56. The summed E-state index contributed by atoms with van der Waals surface area (Å²) in [4.78, 5) is 14.6. The van der Waals surface area contributed by atoms with E-state index in [1.165, 1.54) is 0 Å². The summed E-state index contributed by atoms with van der Waals surface area (Å²) >= 11 is 0. The van der Waals surface area contributed by atoms with Crippen molar-refractivity contribution in [3.63, 3.8) is 0 Å². The Morgan fingerprint density at radius 1 is 1.15 bits per heavy atom. The molecule has 0 N–H and O–H groups in total. The van der Waals surface area contributed by atoms with Crippen LogP contribution in [0.3, 0.4) is 0 Å². The number of nitrogens with zero attached hydrogens (tertiary/aromatic N) is 2. The fourth-order valence-electron chi connectivity index (χ4n) is 3.77. The number of aromatic nitrogens is 1. The van der Waals surface area contributed by atoms with Crippen molar-refractivity contribution in [2.75, 3.05) is 20.8 Å². The molecule has 0 bridgehead atoms. The van der Waals surface area contributed by atoms with Gasteiger partial charge < -0.3 is 13.9 Å². The average Bonchev–Trinajstić information content (AvgIpc) is 3.26. The maximum Gasteiger partial charge on any atom is 0.421 e. The fourth-order valence-corrected chi connectivity index (χ4v) is 3.77. The van der Waals surface area contributed by atoms with Crippen LogP contribution in [0, 0.1) is 0 Å². The summed E-state index contributed by atoms with van der Waals surface area (Å²) in [5, 5.41) is 0. The molecule has 6 heteroatoms. The van der Waals surface area contributed by atoms with E-state index in [4.69, 9.17) is 13.9 Å². The molecule has 1 aliphatic rings. The Balaban J connectivity index is 1.67. The molecule has 3 aromatic rings. The van der Waals surface area contributed by atoms with E-state index >= 15 is 0 Å². The van der Waals surface area contributed by atoms with E-state index < -0.39 is 0 Å². The van der Waals surface area contributed by atoms with Crippen LogP contribution in [-0.2, 0) is 6.67 Å². The average molecular weight is 354 g/mol. The molecule has 0 aliphatic carbocycles. The standard InChI is InChI=1S/C20H22N2O4/c1-24-14-9-10-15(19(12-14)25-2)16-7-5-11-21(16)13-22-17-6-3-4-8-18(17)26-20(22)23/h3-4,6,8-10,12,16H,5,7,11,13H2,1-2H3. The highest BCUT2D eigenvalue weighted by molar-refractivity contribution is 5.72. The number of hydrogen-bond donors (Lipinski definition) is 0. The molecule has 2 heterocycles. The Hall–Kier alpha value is -2.73. The second-order valence-electron chi connectivity index (χ2n) is 6.48. The van der Waals surface area contributed by atoms with E-state index in [9.17, 15) is 4.79 Å². The van der Waals surface area contributed by atoms with Crippen LogP contribution >= 0.6 is 0 Å². The van der Waals surface area contributed by atoms with Gasteiger partial charge in [0.15, 0.2) is 5.58 Å². The summed E-state index contributed by atoms with van der Waals surface area (Å²) in [6.45, 7) is 1.42. The van der Waals surface area contributed by atoms with Gasteiger partial charge in [-0.1, -0.05) is 18.2 Å². The van der Waals surface area contributed by atoms with Crippen molar-refractivity contribution < 1.29 is 13.9 Å². The molecule has 1 aliphatic heterocycles. The number of hydrogen-bond acceptors (Lipinski definition) is 5. The quantitative estimate of drug-likeness (QED) is 0.703. The predicted molar refractivity (Wildman–Crippen MR) is 98.7 cm³/mol. The first-order valence-corrected chi connectivity index (χ1v) is 8.75. The first-order chi connectivity index (χ1) is 12.7. The topological polar surface area (TPSA) is 56.8 Å². The zero-order valence-corrected chi connectivity index (χ0v) is 15.0. The fraction of sp³-hybridized carbons (Fsp3) is 0.350. The molecule has 1 atom stereocenters. The van der Waals surface area contributed by atoms with Crippen LogP contribution in [0.4, 0.5) is 0 Å². The van der Waals surface area contributed by atoms with Crippen molar-refractivity contribution in [1.82, 2.24) is 9.47 Å². The Morgan fingerprint density at radius 2 is 2.00 bits per heavy atom. The number of rotatable bonds is 5. The van der Waals surface area contributed by atoms with Gasteiger partial charge in [-0.15, -0.1) is 0 Å². The summed E-state index contributed by atoms with van der Waals surface area (Å²) in [7, 11) is 3.32. The minimum atomic E-state index is -0.321. The van der Waals surface area contributed by atoms with Gasteiger partial charge in [-0.25, -0.2) is 4.79 Å². The van der Waals surface area contributed by atoms with Crippen molar-refractivity contribution >= 4 is 11.1 Å². The van der Waals surface area contributed by atoms with Gasteiger partial charge in [0, 0.05) is 24.2 Å². The molecule has 0 spiro atoms. The summed E-state index contributed by atoms with van der Waals surface area (Å²) < 4.78 is 17.9. The minimum absolute atomic E-state index is 0.191. The van der Waals surface area contributed by atoms with E-state index in [-0.39, 0.29) is 11.8 Å². The number of ether oxygens (including phenoxy) is 2. The lowest BCUT2D eigenvalue weighted by molar-refractivity contribution is 0.194. The Kier molecular flexibility index (Phi) is 4.42. The Labute approximate surface area is 151 Å². The zero-order chi connectivity index (χ0) is 18.1. The molecule has 1 aromatic heterocycles. The van der Waals surface area contributed by atoms with Gasteiger partial charge in [0.1, 0.15) is 11.5 Å². The molecule has 0 radical (unpaired) electrons. The minimum Gasteiger partial charge on any atom is -0.497 e. The summed E-state index contributed by atoms with van der Waals surface area (Å²) in [6.07, 6.45) is 2.09. The molecule has 0 saturated carbocycles. The number of para-hydroxylation sites is 2. The maximum absolute atomic E-state index is 12.3. The SMILES string of the molecule is COc1ccc(C2CCCN2Cn2c(=O)oc3ccccc32)c(OC)c1. The van der Waals surface area contributed by atoms with Gasteiger partial charge >= 0.3 is 5.76 Å². The van der Waals surface area contributed by atoms with Gasteiger partial charge in [0.2, 0.25) is 0 Å². The van der Waals surface area contributed by atoms with E-state index in [1.807, 2.05) is 36.4 Å². The van der Waals surface area contributed by atoms with Crippen LogP contribution in [0.5, 0.6) is 11.5 Å². The molecular formula is C20H22N2O4. The largest absolute Gasteiger partial charge is 0.497 e. The van der Waals surface area contributed by atoms with E-state index in [1.54, 1.807) is 18.8 Å². The predicted octanol–water partition coefficient (Wildman–Crippen LogP) is 3.41. The van der Waals surface area contributed by atoms with Gasteiger partial charge in [0.05, 0.1) is 26.4 Å². The van der Waals surface area contributed by atoms with E-state index in [0.29, 0.717) is 12.3 Å². The monoisotopic (exact) mass is 354 g/mol. The molecule has 26 heavy (non-hydrogen) atoms. The van der Waals surface area contributed by atoms with Crippen LogP contribution in [0.2, 0.25) is 0 Å². The molecule has 4 rings (SSSR count). The number of oxazole rings is 1. The molecule has 0 amide bonds. The van der Waals surface area contributed by atoms with Gasteiger partial charge in [-0.05, 0) is 31.0 Å². The van der Waals surface area contributed by atoms with Crippen LogP contribution in [-0.4, -0.2) is 30.2 Å². The molecule has 136 valence electrons. The molecule has 1 fully saturated rings. The van der Waals surface area contributed by atoms with E-state index in [2.05, 4.69) is 11.0 Å². The number of methoxy groups -OCH3 is 2. The van der Waals surface area contributed by atoms with E-state index in [0.717, 1.165) is 42.0 Å². The lowest BCUT2D eigenvalue weighted by atomic mass is 10.0. The van der Waals surface area contributed by atoms with Crippen molar-refractivity contribution in [1.29, 1.82) is 0 Å². The maximum atomic E-state index is 12.3. The van der Waals surface area contributed by atoms with Crippen LogP contribution < -0.4 is 15.2 Å². The number of likely N-dealkylation sites (tertiary alicyclic amines) is 1. The smallest absolute Gasteiger partial charge is 0.421 e. The third-order valence-corrected chi connectivity index (χ3v) is 5.06. The van der Waals surface area contributed by atoms with Crippen LogP contribution in [0.15, 0.2) is 51.7 Å². The second kappa shape index (κ2) is 6.88. The van der Waals surface area contributed by atoms with Crippen molar-refractivity contribution in [3.05, 3.63) is 58.6 Å². The zero-order valence-electron chi connectivity index (χ0n) is 15.0. The van der Waals surface area contributed by atoms with Crippen LogP contribution in [0.1, 0.15) is 24.4 Å². The summed E-state index contributed by atoms with van der Waals surface area (Å²) in [6, 6.07) is 13.6. The third-order valence-electron chi connectivity index (χ3n) is 5.06. The second-order valence-corrected chi connectivity index (χ2v) is 6.48. The highest BCUT2D eigenvalue weighted by atomic mass is 16.5. The molecule has 1 unspecified atom stereocenters. The highest BCUT2D eigenvalue weighted by Gasteiger charge is 2.29. The lowest BCUT2D eigenvalue weighted by Crippen LogP contribution is -2.30. The normalized spacial score (nSPS) is 17.7. The van der Waals surface area contributed by atoms with Crippen molar-refractivity contribution in [2.24, 2.45) is 0 Å². The van der Waals surface area contributed by atoms with Crippen LogP contribution in [0.25, 0.3) is 11.1 Å². The number of benzene rings is 2. The van der Waals surface area contributed by atoms with Gasteiger partial charge in [0.25, 0.3) is 0 Å². The van der Waals surface area contributed by atoms with Gasteiger partial charge in [-0.3, -0.25) is 9.47 Å². The molecule has 2 aromatic carbocycles. The molecule has 1 saturated heterocycles. The third kappa shape index (κ3) is 2.86. The molecule has 6 nitrogen and oxygen atoms in total. The Bertz CT molecular complexity index is 975. The number of fused-ring (bicyclic) bond motifs is 1. The summed E-state index contributed by atoms with van der Waals surface area (Å²) in [5.74, 6) is 1.26. The lowest BCUT2D eigenvalue weighted by Gasteiger charge is -2.26. The first kappa shape index (κ1) is 16.7. The van der Waals surface area contributed by atoms with Crippen molar-refractivity contribution in [2.45, 2.75) is 25.6 Å².